The van der Waals surface area contributed by atoms with Gasteiger partial charge in [0.05, 0.1) is 6.10 Å². The molecule has 0 aliphatic carbocycles. The molecule has 0 aliphatic heterocycles. The second-order valence-electron chi connectivity index (χ2n) is 4.96. The first kappa shape index (κ1) is 17.5. The molecule has 0 radical (unpaired) electrons. The molecule has 2 aromatic rings. The number of hydrogen-bond acceptors (Lipinski definition) is 3. The zero-order valence-corrected chi connectivity index (χ0v) is 12.8. The maximum absolute atomic E-state index is 13.6. The van der Waals surface area contributed by atoms with Gasteiger partial charge in [0.15, 0.2) is 4.90 Å². The Balaban J connectivity index is 2.24. The Bertz CT molecular complexity index is 774. The van der Waals surface area contributed by atoms with Crippen LogP contribution in [0.2, 0.25) is 0 Å². The van der Waals surface area contributed by atoms with Crippen molar-refractivity contribution in [3.8, 4) is 0 Å². The van der Waals surface area contributed by atoms with Crippen molar-refractivity contribution in [2.45, 2.75) is 24.0 Å². The van der Waals surface area contributed by atoms with Crippen molar-refractivity contribution in [1.82, 2.24) is 4.72 Å². The van der Waals surface area contributed by atoms with Gasteiger partial charge >= 0.3 is 0 Å². The lowest BCUT2D eigenvalue weighted by Gasteiger charge is -2.21. The van der Waals surface area contributed by atoms with Gasteiger partial charge in [-0.15, -0.1) is 0 Å². The Labute approximate surface area is 131 Å². The van der Waals surface area contributed by atoms with E-state index in [1.165, 1.54) is 19.1 Å². The molecular weight excluding hydrogens is 331 g/mol. The van der Waals surface area contributed by atoms with E-state index in [1.807, 2.05) is 4.72 Å². The van der Waals surface area contributed by atoms with E-state index >= 15 is 0 Å². The van der Waals surface area contributed by atoms with Gasteiger partial charge in [0.1, 0.15) is 17.5 Å². The highest BCUT2D eigenvalue weighted by Gasteiger charge is 2.28. The van der Waals surface area contributed by atoms with Crippen molar-refractivity contribution in [2.75, 3.05) is 0 Å². The van der Waals surface area contributed by atoms with E-state index in [2.05, 4.69) is 0 Å². The van der Waals surface area contributed by atoms with Crippen molar-refractivity contribution < 1.29 is 26.7 Å². The van der Waals surface area contributed by atoms with Gasteiger partial charge in [-0.05, 0) is 36.8 Å². The van der Waals surface area contributed by atoms with Gasteiger partial charge < -0.3 is 5.11 Å². The average Bonchev–Trinajstić information content (AvgIpc) is 2.46. The second kappa shape index (κ2) is 6.69. The van der Waals surface area contributed by atoms with Gasteiger partial charge in [0, 0.05) is 6.04 Å². The average molecular weight is 345 g/mol. The van der Waals surface area contributed by atoms with Crippen LogP contribution in [0.15, 0.2) is 47.4 Å². The fraction of sp³-hybridized carbons (Fsp3) is 0.200. The summed E-state index contributed by atoms with van der Waals surface area (Å²) in [6.45, 7) is 1.32. The van der Waals surface area contributed by atoms with Crippen molar-refractivity contribution in [1.29, 1.82) is 0 Å². The number of benzene rings is 2. The van der Waals surface area contributed by atoms with Crippen LogP contribution in [-0.2, 0) is 10.0 Å². The van der Waals surface area contributed by atoms with E-state index in [4.69, 9.17) is 0 Å². The highest BCUT2D eigenvalue weighted by molar-refractivity contribution is 7.89. The minimum atomic E-state index is -4.52. The molecule has 0 aromatic heterocycles. The normalized spacial score (nSPS) is 14.5. The van der Waals surface area contributed by atoms with Crippen LogP contribution in [0.4, 0.5) is 13.2 Å². The SMILES string of the molecule is CC(NS(=O)(=O)c1c(F)cccc1F)C(O)c1ccc(F)cc1. The minimum Gasteiger partial charge on any atom is -0.387 e. The largest absolute Gasteiger partial charge is 0.387 e. The fourth-order valence-electron chi connectivity index (χ4n) is 2.06. The molecule has 2 unspecified atom stereocenters. The molecule has 0 heterocycles. The molecule has 2 N–H and O–H groups in total. The van der Waals surface area contributed by atoms with Gasteiger partial charge in [-0.25, -0.2) is 26.3 Å². The zero-order valence-electron chi connectivity index (χ0n) is 12.0. The summed E-state index contributed by atoms with van der Waals surface area (Å²) in [5.41, 5.74) is 0.260. The summed E-state index contributed by atoms with van der Waals surface area (Å²) in [7, 11) is -4.52. The smallest absolute Gasteiger partial charge is 0.246 e. The summed E-state index contributed by atoms with van der Waals surface area (Å²) in [5, 5.41) is 10.1. The van der Waals surface area contributed by atoms with E-state index in [9.17, 15) is 26.7 Å². The Morgan fingerprint density at radius 3 is 2.04 bits per heavy atom. The molecule has 2 rings (SSSR count). The third kappa shape index (κ3) is 3.90. The number of rotatable bonds is 5. The standard InChI is InChI=1S/C15H14F3NO3S/c1-9(14(20)10-5-7-11(16)8-6-10)19-23(21,22)15-12(17)3-2-4-13(15)18/h2-9,14,19-20H,1H3. The monoisotopic (exact) mass is 345 g/mol. The van der Waals surface area contributed by atoms with Crippen LogP contribution in [-0.4, -0.2) is 19.6 Å². The highest BCUT2D eigenvalue weighted by Crippen LogP contribution is 2.22. The fourth-order valence-corrected chi connectivity index (χ4v) is 3.44. The topological polar surface area (TPSA) is 66.4 Å². The van der Waals surface area contributed by atoms with Crippen LogP contribution in [0.3, 0.4) is 0 Å². The predicted octanol–water partition coefficient (Wildman–Crippen LogP) is 2.50. The highest BCUT2D eigenvalue weighted by atomic mass is 32.2. The molecule has 0 spiro atoms. The Morgan fingerprint density at radius 1 is 1.00 bits per heavy atom. The lowest BCUT2D eigenvalue weighted by Crippen LogP contribution is -2.37. The number of hydrogen-bond donors (Lipinski definition) is 2. The molecule has 2 atom stereocenters. The number of halogens is 3. The summed E-state index contributed by atoms with van der Waals surface area (Å²) in [6.07, 6.45) is -1.32. The summed E-state index contributed by atoms with van der Waals surface area (Å²) in [4.78, 5) is -1.11. The van der Waals surface area contributed by atoms with Crippen LogP contribution in [0.25, 0.3) is 0 Å². The lowest BCUT2D eigenvalue weighted by atomic mass is 10.0. The molecule has 0 fully saturated rings. The summed E-state index contributed by atoms with van der Waals surface area (Å²) >= 11 is 0. The molecule has 0 aliphatic rings. The van der Waals surface area contributed by atoms with E-state index in [-0.39, 0.29) is 5.56 Å². The van der Waals surface area contributed by atoms with Gasteiger partial charge in [0.25, 0.3) is 0 Å². The van der Waals surface area contributed by atoms with Crippen molar-refractivity contribution in [3.05, 3.63) is 65.5 Å². The summed E-state index contributed by atoms with van der Waals surface area (Å²) in [5.74, 6) is -2.98. The Kier molecular flexibility index (Phi) is 5.08. The lowest BCUT2D eigenvalue weighted by molar-refractivity contribution is 0.146. The van der Waals surface area contributed by atoms with Crippen molar-refractivity contribution in [2.24, 2.45) is 0 Å². The maximum Gasteiger partial charge on any atom is 0.246 e. The first-order chi connectivity index (χ1) is 10.7. The Hall–Kier alpha value is -1.90. The third-order valence-electron chi connectivity index (χ3n) is 3.21. The van der Waals surface area contributed by atoms with Crippen LogP contribution >= 0.6 is 0 Å². The summed E-state index contributed by atoms with van der Waals surface area (Å²) in [6, 6.07) is 6.37. The van der Waals surface area contributed by atoms with Crippen molar-refractivity contribution in [3.63, 3.8) is 0 Å². The van der Waals surface area contributed by atoms with E-state index in [0.717, 1.165) is 30.3 Å². The van der Waals surface area contributed by atoms with E-state index in [0.29, 0.717) is 0 Å². The third-order valence-corrected chi connectivity index (χ3v) is 4.82. The van der Waals surface area contributed by atoms with Crippen molar-refractivity contribution >= 4 is 10.0 Å². The first-order valence-electron chi connectivity index (χ1n) is 6.62. The molecular formula is C15H14F3NO3S. The molecule has 8 heteroatoms. The second-order valence-corrected chi connectivity index (χ2v) is 6.61. The van der Waals surface area contributed by atoms with Crippen LogP contribution < -0.4 is 4.72 Å². The van der Waals surface area contributed by atoms with Gasteiger partial charge in [-0.1, -0.05) is 18.2 Å². The Morgan fingerprint density at radius 2 is 1.52 bits per heavy atom. The number of sulfonamides is 1. The number of nitrogens with one attached hydrogen (secondary N) is 1. The zero-order chi connectivity index (χ0) is 17.2. The molecule has 0 saturated heterocycles. The van der Waals surface area contributed by atoms with Crippen LogP contribution in [0, 0.1) is 17.5 Å². The minimum absolute atomic E-state index is 0.260. The molecule has 23 heavy (non-hydrogen) atoms. The van der Waals surface area contributed by atoms with E-state index in [1.54, 1.807) is 0 Å². The quantitative estimate of drug-likeness (QED) is 0.875. The van der Waals surface area contributed by atoms with Gasteiger partial charge in [0.2, 0.25) is 10.0 Å². The molecule has 124 valence electrons. The number of aliphatic hydroxyl groups excluding tert-OH is 1. The maximum atomic E-state index is 13.6. The first-order valence-corrected chi connectivity index (χ1v) is 8.10. The van der Waals surface area contributed by atoms with Gasteiger partial charge in [-0.3, -0.25) is 0 Å². The predicted molar refractivity (Wildman–Crippen MR) is 77.5 cm³/mol. The molecule has 0 amide bonds. The molecule has 0 saturated carbocycles. The molecule has 4 nitrogen and oxygen atoms in total. The molecule has 0 bridgehead atoms. The molecule has 2 aromatic carbocycles. The van der Waals surface area contributed by atoms with Crippen LogP contribution in [0.5, 0.6) is 0 Å². The number of aliphatic hydroxyl groups is 1. The van der Waals surface area contributed by atoms with E-state index < -0.39 is 44.5 Å². The van der Waals surface area contributed by atoms with Gasteiger partial charge in [-0.2, -0.15) is 0 Å². The summed E-state index contributed by atoms with van der Waals surface area (Å²) < 4.78 is 66.3. The van der Waals surface area contributed by atoms with Crippen LogP contribution in [0.1, 0.15) is 18.6 Å².